The number of furan rings is 1. The van der Waals surface area contributed by atoms with E-state index in [0.29, 0.717) is 14.5 Å². The molecule has 0 aliphatic carbocycles. The molecule has 7 aromatic carbocycles. The molecule has 0 aliphatic heterocycles. The van der Waals surface area contributed by atoms with Crippen molar-refractivity contribution in [2.24, 2.45) is 0 Å². The van der Waals surface area contributed by atoms with Crippen LogP contribution in [0.5, 0.6) is 0 Å². The van der Waals surface area contributed by atoms with E-state index in [2.05, 4.69) is 144 Å². The minimum absolute atomic E-state index is 0.324. The molecule has 2 heterocycles. The Balaban J connectivity index is 1.14. The molecule has 0 unspecified atom stereocenters. The van der Waals surface area contributed by atoms with Crippen LogP contribution in [0.15, 0.2) is 156 Å². The van der Waals surface area contributed by atoms with Crippen LogP contribution in [-0.2, 0) is 0 Å². The number of rotatable bonds is 4. The molecule has 0 saturated heterocycles. The maximum atomic E-state index is 6.25. The van der Waals surface area contributed by atoms with Gasteiger partial charge in [0.1, 0.15) is 5.58 Å². The van der Waals surface area contributed by atoms with Gasteiger partial charge in [-0.1, -0.05) is 24.3 Å². The molecule has 0 amide bonds. The first kappa shape index (κ1) is 24.5. The topological polar surface area (TPSA) is 16.4 Å². The van der Waals surface area contributed by atoms with Gasteiger partial charge in [0, 0.05) is 10.8 Å². The number of anilines is 3. The molecule has 2 nitrogen and oxygen atoms in total. The number of hydrogen-bond acceptors (Lipinski definition) is 2. The van der Waals surface area contributed by atoms with Crippen molar-refractivity contribution in [2.75, 3.05) is 4.90 Å². The van der Waals surface area contributed by atoms with Gasteiger partial charge in [0.2, 0.25) is 0 Å². The van der Waals surface area contributed by atoms with Gasteiger partial charge >= 0.3 is 205 Å². The zero-order chi connectivity index (χ0) is 28.3. The molecule has 9 rings (SSSR count). The second kappa shape index (κ2) is 9.74. The quantitative estimate of drug-likeness (QED) is 0.183. The molecule has 9 aromatic rings. The fraction of sp³-hybridized carbons (Fsp3) is 0. The fourth-order valence-corrected chi connectivity index (χ4v) is 8.94. The van der Waals surface area contributed by atoms with E-state index in [0.717, 1.165) is 39.0 Å². The number of fused-ring (bicyclic) bond motifs is 8. The summed E-state index contributed by atoms with van der Waals surface area (Å²) in [6.45, 7) is 0. The summed E-state index contributed by atoms with van der Waals surface area (Å²) in [6, 6.07) is 54.6. The first-order valence-corrected chi connectivity index (χ1v) is 16.2. The molecule has 0 N–H and O–H groups in total. The normalized spacial score (nSPS) is 11.7. The molecule has 43 heavy (non-hydrogen) atoms. The zero-order valence-corrected chi connectivity index (χ0v) is 24.9. The van der Waals surface area contributed by atoms with E-state index in [1.54, 1.807) is 0 Å². The molecule has 2 aromatic heterocycles. The Morgan fingerprint density at radius 2 is 1.07 bits per heavy atom. The van der Waals surface area contributed by atoms with Crippen LogP contribution in [0.25, 0.3) is 63.1 Å². The molecule has 202 valence electrons. The average Bonchev–Trinajstić information content (AvgIpc) is 3.64. The van der Waals surface area contributed by atoms with Gasteiger partial charge in [0.05, 0.1) is 0 Å². The molecule has 0 fully saturated rings. The van der Waals surface area contributed by atoms with Crippen LogP contribution in [0.4, 0.5) is 17.1 Å². The van der Waals surface area contributed by atoms with Gasteiger partial charge in [-0.15, -0.1) is 0 Å². The summed E-state index contributed by atoms with van der Waals surface area (Å²) >= 11 is 0.324. The second-order valence-corrected chi connectivity index (χ2v) is 13.2. The molecule has 0 saturated carbocycles. The van der Waals surface area contributed by atoms with Crippen molar-refractivity contribution in [1.82, 2.24) is 0 Å². The Morgan fingerprint density at radius 3 is 1.95 bits per heavy atom. The summed E-state index contributed by atoms with van der Waals surface area (Å²) in [5, 5.41) is 7.76. The van der Waals surface area contributed by atoms with Crippen LogP contribution in [0, 0.1) is 0 Å². The van der Waals surface area contributed by atoms with E-state index in [1.165, 1.54) is 41.2 Å². The van der Waals surface area contributed by atoms with Crippen molar-refractivity contribution < 1.29 is 4.42 Å². The van der Waals surface area contributed by atoms with E-state index in [1.807, 2.05) is 12.1 Å². The summed E-state index contributed by atoms with van der Waals surface area (Å²) in [5.74, 6) is 0. The molecule has 0 aliphatic rings. The Labute approximate surface area is 254 Å². The van der Waals surface area contributed by atoms with Crippen LogP contribution < -0.4 is 4.90 Å². The predicted molar refractivity (Wildman–Crippen MR) is 183 cm³/mol. The Bertz CT molecular complexity index is 2450. The van der Waals surface area contributed by atoms with Crippen molar-refractivity contribution >= 4 is 83.6 Å². The first-order chi connectivity index (χ1) is 21.3. The third kappa shape index (κ3) is 4.01. The standard InChI is InChI=1S/C40H25NOSe/c1-2-8-29(9-3-1)41(31-21-23-33-32-10-4-6-12-37(32)42-38(33)25-31)30-19-16-26(17-20-30)28-15-14-27-18-22-35-34-11-5-7-13-39(34)43-40(35)36(27)24-28/h1-25H. The van der Waals surface area contributed by atoms with Gasteiger partial charge in [0.15, 0.2) is 0 Å². The Hall–Kier alpha value is -5.08. The minimum atomic E-state index is 0.324. The second-order valence-electron chi connectivity index (χ2n) is 11.0. The van der Waals surface area contributed by atoms with Gasteiger partial charge in [-0.05, 0) is 6.07 Å². The molecule has 0 atom stereocenters. The van der Waals surface area contributed by atoms with E-state index < -0.39 is 0 Å². The van der Waals surface area contributed by atoms with Gasteiger partial charge in [-0.3, -0.25) is 0 Å². The van der Waals surface area contributed by atoms with Gasteiger partial charge in [-0.25, -0.2) is 0 Å². The van der Waals surface area contributed by atoms with Crippen LogP contribution in [0.2, 0.25) is 0 Å². The third-order valence-electron chi connectivity index (χ3n) is 8.46. The van der Waals surface area contributed by atoms with E-state index in [-0.39, 0.29) is 0 Å². The monoisotopic (exact) mass is 615 g/mol. The Kier molecular flexibility index (Phi) is 5.55. The van der Waals surface area contributed by atoms with Crippen molar-refractivity contribution in [3.05, 3.63) is 152 Å². The summed E-state index contributed by atoms with van der Waals surface area (Å²) in [7, 11) is 0. The number of benzene rings is 7. The average molecular weight is 615 g/mol. The SMILES string of the molecule is c1ccc(N(c2ccc(-c3ccc4ccc5c6ccccc6[se]c5c4c3)cc2)c2ccc3c(c2)oc2ccccc23)cc1. The zero-order valence-electron chi connectivity index (χ0n) is 23.2. The summed E-state index contributed by atoms with van der Waals surface area (Å²) in [4.78, 5) is 2.30. The van der Waals surface area contributed by atoms with Crippen LogP contribution in [0.1, 0.15) is 0 Å². The number of nitrogens with zero attached hydrogens (tertiary/aromatic N) is 1. The predicted octanol–water partition coefficient (Wildman–Crippen LogP) is 11.2. The third-order valence-corrected chi connectivity index (χ3v) is 11.0. The molecular weight excluding hydrogens is 589 g/mol. The molecular formula is C40H25NOSe. The Morgan fingerprint density at radius 1 is 0.419 bits per heavy atom. The molecule has 3 heteroatoms. The fourth-order valence-electron chi connectivity index (χ4n) is 6.36. The van der Waals surface area contributed by atoms with Gasteiger partial charge in [0.25, 0.3) is 0 Å². The summed E-state index contributed by atoms with van der Waals surface area (Å²) in [5.41, 5.74) is 7.54. The number of hydrogen-bond donors (Lipinski definition) is 0. The van der Waals surface area contributed by atoms with Crippen LogP contribution in [-0.4, -0.2) is 14.5 Å². The van der Waals surface area contributed by atoms with Crippen molar-refractivity contribution in [3.8, 4) is 11.1 Å². The van der Waals surface area contributed by atoms with E-state index in [9.17, 15) is 0 Å². The van der Waals surface area contributed by atoms with Gasteiger partial charge < -0.3 is 4.42 Å². The molecule has 0 radical (unpaired) electrons. The van der Waals surface area contributed by atoms with Crippen molar-refractivity contribution in [3.63, 3.8) is 0 Å². The van der Waals surface area contributed by atoms with Crippen LogP contribution >= 0.6 is 0 Å². The molecule has 0 spiro atoms. The van der Waals surface area contributed by atoms with Crippen LogP contribution in [0.3, 0.4) is 0 Å². The summed E-state index contributed by atoms with van der Waals surface area (Å²) < 4.78 is 9.24. The molecule has 0 bridgehead atoms. The van der Waals surface area contributed by atoms with Crippen molar-refractivity contribution in [2.45, 2.75) is 0 Å². The maximum absolute atomic E-state index is 6.25. The first-order valence-electron chi connectivity index (χ1n) is 14.5. The van der Waals surface area contributed by atoms with Crippen molar-refractivity contribution in [1.29, 1.82) is 0 Å². The van der Waals surface area contributed by atoms with Gasteiger partial charge in [-0.2, -0.15) is 0 Å². The number of para-hydroxylation sites is 2. The van der Waals surface area contributed by atoms with E-state index >= 15 is 0 Å². The summed E-state index contributed by atoms with van der Waals surface area (Å²) in [6.07, 6.45) is 0. The van der Waals surface area contributed by atoms with E-state index in [4.69, 9.17) is 4.42 Å².